The van der Waals surface area contributed by atoms with E-state index in [2.05, 4.69) is 25.3 Å². The van der Waals surface area contributed by atoms with E-state index in [-0.39, 0.29) is 17.3 Å². The second-order valence-corrected chi connectivity index (χ2v) is 5.81. The van der Waals surface area contributed by atoms with Crippen LogP contribution in [0.3, 0.4) is 0 Å². The Morgan fingerprint density at radius 3 is 2.21 bits per heavy atom. The van der Waals surface area contributed by atoms with Crippen LogP contribution in [0, 0.1) is 17.0 Å². The van der Waals surface area contributed by atoms with Crippen molar-refractivity contribution in [3.63, 3.8) is 0 Å². The number of benzene rings is 2. The van der Waals surface area contributed by atoms with Crippen LogP contribution in [0.5, 0.6) is 5.75 Å². The Kier molecular flexibility index (Phi) is 5.48. The SMILES string of the molecule is Cc1ccccc1Nc1ncnc(Nc2ccc(OC(F)(F)F)cc2)c1[N+](=O)[O-]. The minimum Gasteiger partial charge on any atom is -0.406 e. The van der Waals surface area contributed by atoms with Gasteiger partial charge in [-0.1, -0.05) is 18.2 Å². The molecule has 150 valence electrons. The Labute approximate surface area is 162 Å². The topological polar surface area (TPSA) is 102 Å². The van der Waals surface area contributed by atoms with Crippen molar-refractivity contribution < 1.29 is 22.8 Å². The molecule has 3 rings (SSSR count). The first kappa shape index (κ1) is 19.9. The lowest BCUT2D eigenvalue weighted by Gasteiger charge is -2.12. The van der Waals surface area contributed by atoms with Crippen molar-refractivity contribution in [2.45, 2.75) is 13.3 Å². The molecule has 3 aromatic rings. The Morgan fingerprint density at radius 2 is 1.62 bits per heavy atom. The van der Waals surface area contributed by atoms with Gasteiger partial charge in [-0.05, 0) is 42.8 Å². The Hall–Kier alpha value is -3.89. The molecular formula is C18H14F3N5O3. The molecule has 0 radical (unpaired) electrons. The number of rotatable bonds is 6. The van der Waals surface area contributed by atoms with Gasteiger partial charge in [-0.15, -0.1) is 13.2 Å². The molecule has 2 aromatic carbocycles. The van der Waals surface area contributed by atoms with Crippen molar-refractivity contribution in [3.05, 3.63) is 70.5 Å². The van der Waals surface area contributed by atoms with E-state index in [9.17, 15) is 23.3 Å². The van der Waals surface area contributed by atoms with Gasteiger partial charge in [0, 0.05) is 11.4 Å². The minimum absolute atomic E-state index is 0.0289. The van der Waals surface area contributed by atoms with Crippen LogP contribution in [-0.2, 0) is 0 Å². The van der Waals surface area contributed by atoms with Crippen molar-refractivity contribution in [3.8, 4) is 5.75 Å². The quantitative estimate of drug-likeness (QED) is 0.435. The van der Waals surface area contributed by atoms with Gasteiger partial charge in [0.2, 0.25) is 11.6 Å². The summed E-state index contributed by atoms with van der Waals surface area (Å²) in [6.45, 7) is 1.83. The fourth-order valence-corrected chi connectivity index (χ4v) is 2.45. The van der Waals surface area contributed by atoms with Gasteiger partial charge in [0.15, 0.2) is 0 Å². The highest BCUT2D eigenvalue weighted by Crippen LogP contribution is 2.34. The van der Waals surface area contributed by atoms with Gasteiger partial charge < -0.3 is 15.4 Å². The molecule has 0 aliphatic carbocycles. The van der Waals surface area contributed by atoms with Gasteiger partial charge >= 0.3 is 12.0 Å². The summed E-state index contributed by atoms with van der Waals surface area (Å²) in [5.41, 5.74) is 1.36. The zero-order valence-corrected chi connectivity index (χ0v) is 14.9. The van der Waals surface area contributed by atoms with Crippen LogP contribution >= 0.6 is 0 Å². The lowest BCUT2D eigenvalue weighted by molar-refractivity contribution is -0.383. The normalized spacial score (nSPS) is 11.0. The summed E-state index contributed by atoms with van der Waals surface area (Å²) in [6.07, 6.45) is -3.67. The maximum Gasteiger partial charge on any atom is 0.573 e. The molecule has 1 heterocycles. The first-order chi connectivity index (χ1) is 13.7. The average Bonchev–Trinajstić information content (AvgIpc) is 2.64. The maximum atomic E-state index is 12.2. The monoisotopic (exact) mass is 405 g/mol. The van der Waals surface area contributed by atoms with Crippen molar-refractivity contribution in [2.75, 3.05) is 10.6 Å². The van der Waals surface area contributed by atoms with E-state index in [4.69, 9.17) is 0 Å². The van der Waals surface area contributed by atoms with Crippen LogP contribution in [0.2, 0.25) is 0 Å². The number of hydrogen-bond acceptors (Lipinski definition) is 7. The zero-order valence-electron chi connectivity index (χ0n) is 14.9. The molecular weight excluding hydrogens is 391 g/mol. The van der Waals surface area contributed by atoms with Crippen LogP contribution in [0.1, 0.15) is 5.56 Å². The van der Waals surface area contributed by atoms with Crippen LogP contribution in [0.15, 0.2) is 54.9 Å². The molecule has 0 bridgehead atoms. The standard InChI is InChI=1S/C18H14F3N5O3/c1-11-4-2-3-5-14(11)25-17-15(26(27)28)16(22-10-23-17)24-12-6-8-13(9-7-12)29-18(19,20)21/h2-10H,1H3,(H2,22,23,24,25). The summed E-state index contributed by atoms with van der Waals surface area (Å²) < 4.78 is 40.5. The highest BCUT2D eigenvalue weighted by Gasteiger charge is 2.31. The van der Waals surface area contributed by atoms with Crippen molar-refractivity contribution >= 4 is 28.7 Å². The van der Waals surface area contributed by atoms with Crippen molar-refractivity contribution in [2.24, 2.45) is 0 Å². The molecule has 0 unspecified atom stereocenters. The number of nitro groups is 1. The fourth-order valence-electron chi connectivity index (χ4n) is 2.45. The largest absolute Gasteiger partial charge is 0.573 e. The predicted molar refractivity (Wildman–Crippen MR) is 99.6 cm³/mol. The molecule has 8 nitrogen and oxygen atoms in total. The number of anilines is 4. The number of aromatic nitrogens is 2. The summed E-state index contributed by atoms with van der Waals surface area (Å²) in [6, 6.07) is 11.9. The van der Waals surface area contributed by atoms with Gasteiger partial charge in [0.1, 0.15) is 12.1 Å². The number of alkyl halides is 3. The highest BCUT2D eigenvalue weighted by molar-refractivity contribution is 5.77. The highest BCUT2D eigenvalue weighted by atomic mass is 19.4. The third-order valence-electron chi connectivity index (χ3n) is 3.75. The van der Waals surface area contributed by atoms with Crippen LogP contribution in [0.4, 0.5) is 41.9 Å². The summed E-state index contributed by atoms with van der Waals surface area (Å²) in [5, 5.41) is 17.2. The molecule has 11 heteroatoms. The molecule has 0 spiro atoms. The Bertz CT molecular complexity index is 1030. The number of hydrogen-bond donors (Lipinski definition) is 2. The van der Waals surface area contributed by atoms with E-state index in [1.54, 1.807) is 12.1 Å². The van der Waals surface area contributed by atoms with E-state index < -0.39 is 22.7 Å². The van der Waals surface area contributed by atoms with E-state index in [1.807, 2.05) is 19.1 Å². The Morgan fingerprint density at radius 1 is 1.00 bits per heavy atom. The number of nitrogens with zero attached hydrogens (tertiary/aromatic N) is 3. The number of para-hydroxylation sites is 1. The lowest BCUT2D eigenvalue weighted by atomic mass is 10.2. The molecule has 29 heavy (non-hydrogen) atoms. The average molecular weight is 405 g/mol. The number of aryl methyl sites for hydroxylation is 1. The second kappa shape index (κ2) is 8.00. The first-order valence-corrected chi connectivity index (χ1v) is 8.18. The third kappa shape index (κ3) is 5.09. The first-order valence-electron chi connectivity index (χ1n) is 8.18. The Balaban J connectivity index is 1.88. The van der Waals surface area contributed by atoms with Gasteiger partial charge in [0.25, 0.3) is 0 Å². The molecule has 0 amide bonds. The fraction of sp³-hybridized carbons (Fsp3) is 0.111. The van der Waals surface area contributed by atoms with Gasteiger partial charge in [-0.3, -0.25) is 10.1 Å². The van der Waals surface area contributed by atoms with E-state index in [0.717, 1.165) is 24.0 Å². The minimum atomic E-state index is -4.81. The third-order valence-corrected chi connectivity index (χ3v) is 3.75. The molecule has 0 aliphatic rings. The smallest absolute Gasteiger partial charge is 0.406 e. The number of halogens is 3. The molecule has 0 aliphatic heterocycles. The zero-order chi connectivity index (χ0) is 21.0. The molecule has 0 fully saturated rings. The summed E-state index contributed by atoms with van der Waals surface area (Å²) in [7, 11) is 0. The summed E-state index contributed by atoms with van der Waals surface area (Å²) >= 11 is 0. The second-order valence-electron chi connectivity index (χ2n) is 5.81. The van der Waals surface area contributed by atoms with E-state index in [1.165, 1.54) is 12.1 Å². The number of ether oxygens (including phenoxy) is 1. The van der Waals surface area contributed by atoms with E-state index in [0.29, 0.717) is 5.69 Å². The van der Waals surface area contributed by atoms with E-state index >= 15 is 0 Å². The molecule has 0 saturated carbocycles. The van der Waals surface area contributed by atoms with Crippen molar-refractivity contribution in [1.29, 1.82) is 0 Å². The predicted octanol–water partition coefficient (Wildman–Crippen LogP) is 5.08. The molecule has 0 atom stereocenters. The lowest BCUT2D eigenvalue weighted by Crippen LogP contribution is -2.17. The number of nitrogens with one attached hydrogen (secondary N) is 2. The van der Waals surface area contributed by atoms with Gasteiger partial charge in [-0.2, -0.15) is 0 Å². The van der Waals surface area contributed by atoms with Crippen molar-refractivity contribution in [1.82, 2.24) is 9.97 Å². The molecule has 0 saturated heterocycles. The van der Waals surface area contributed by atoms with Crippen LogP contribution in [0.25, 0.3) is 0 Å². The molecule has 2 N–H and O–H groups in total. The van der Waals surface area contributed by atoms with Gasteiger partial charge in [0.05, 0.1) is 4.92 Å². The summed E-state index contributed by atoms with van der Waals surface area (Å²) in [5.74, 6) is -0.563. The van der Waals surface area contributed by atoms with Gasteiger partial charge in [-0.25, -0.2) is 9.97 Å². The molecule has 1 aromatic heterocycles. The maximum absolute atomic E-state index is 12.2. The van der Waals surface area contributed by atoms with Crippen LogP contribution < -0.4 is 15.4 Å². The van der Waals surface area contributed by atoms with Crippen LogP contribution in [-0.4, -0.2) is 21.3 Å². The summed E-state index contributed by atoms with van der Waals surface area (Å²) in [4.78, 5) is 18.8.